The summed E-state index contributed by atoms with van der Waals surface area (Å²) in [7, 11) is 0. The first-order valence-corrected chi connectivity index (χ1v) is 5.60. The van der Waals surface area contributed by atoms with Crippen LogP contribution in [0.1, 0.15) is 5.56 Å². The Morgan fingerprint density at radius 1 is 1.11 bits per heavy atom. The van der Waals surface area contributed by atoms with Crippen LogP contribution < -0.4 is 10.5 Å². The quantitative estimate of drug-likeness (QED) is 0.716. The Bertz CT molecular complexity index is 755. The molecule has 0 unspecified atom stereocenters. The van der Waals surface area contributed by atoms with Crippen LogP contribution in [0, 0.1) is 12.7 Å². The van der Waals surface area contributed by atoms with E-state index in [4.69, 9.17) is 10.5 Å². The Balaban J connectivity index is 2.08. The van der Waals surface area contributed by atoms with Crippen LogP contribution in [0.2, 0.25) is 0 Å². The highest BCUT2D eigenvalue weighted by Crippen LogP contribution is 2.32. The molecule has 0 amide bonds. The smallest absolute Gasteiger partial charge is 0.179 e. The van der Waals surface area contributed by atoms with Crippen molar-refractivity contribution in [3.05, 3.63) is 41.7 Å². The van der Waals surface area contributed by atoms with Gasteiger partial charge in [-0.05, 0) is 47.1 Å². The average molecular weight is 259 g/mol. The zero-order chi connectivity index (χ0) is 13.4. The van der Waals surface area contributed by atoms with Gasteiger partial charge in [0.15, 0.2) is 28.3 Å². The molecular formula is C13H10FN3O2. The number of ether oxygens (including phenoxy) is 1. The number of rotatable bonds is 2. The molecule has 96 valence electrons. The standard InChI is InChI=1S/C13H10FN3O2/c1-7-2-3-8(14)11(6-7)18-10-5-4-9(15)12-13(10)17-19-16-12/h2-6H,15H2,1H3. The fourth-order valence-corrected chi connectivity index (χ4v) is 1.75. The molecule has 6 heteroatoms. The van der Waals surface area contributed by atoms with E-state index in [9.17, 15) is 4.39 Å². The minimum atomic E-state index is -0.452. The number of hydrogen-bond acceptors (Lipinski definition) is 5. The molecule has 5 nitrogen and oxygen atoms in total. The molecule has 0 aliphatic carbocycles. The number of fused-ring (bicyclic) bond motifs is 1. The third-order valence-electron chi connectivity index (χ3n) is 2.72. The van der Waals surface area contributed by atoms with Gasteiger partial charge in [0.25, 0.3) is 0 Å². The van der Waals surface area contributed by atoms with E-state index in [0.717, 1.165) is 5.56 Å². The molecule has 0 bridgehead atoms. The van der Waals surface area contributed by atoms with Crippen molar-refractivity contribution in [2.45, 2.75) is 6.92 Å². The lowest BCUT2D eigenvalue weighted by Gasteiger charge is -2.07. The summed E-state index contributed by atoms with van der Waals surface area (Å²) in [6, 6.07) is 7.82. The molecule has 1 aromatic heterocycles. The lowest BCUT2D eigenvalue weighted by molar-refractivity contribution is 0.314. The maximum absolute atomic E-state index is 13.7. The van der Waals surface area contributed by atoms with Crippen LogP contribution in [0.3, 0.4) is 0 Å². The summed E-state index contributed by atoms with van der Waals surface area (Å²) < 4.78 is 23.8. The topological polar surface area (TPSA) is 74.2 Å². The van der Waals surface area contributed by atoms with E-state index in [1.54, 1.807) is 24.3 Å². The van der Waals surface area contributed by atoms with Crippen LogP contribution in [0.5, 0.6) is 11.5 Å². The highest BCUT2D eigenvalue weighted by Gasteiger charge is 2.13. The van der Waals surface area contributed by atoms with Crippen LogP contribution in [0.25, 0.3) is 11.0 Å². The molecule has 19 heavy (non-hydrogen) atoms. The van der Waals surface area contributed by atoms with Crippen LogP contribution in [0.15, 0.2) is 35.0 Å². The first kappa shape index (κ1) is 11.5. The van der Waals surface area contributed by atoms with Gasteiger partial charge >= 0.3 is 0 Å². The fourth-order valence-electron chi connectivity index (χ4n) is 1.75. The second-order valence-corrected chi connectivity index (χ2v) is 4.15. The van der Waals surface area contributed by atoms with E-state index < -0.39 is 5.82 Å². The molecule has 0 saturated carbocycles. The summed E-state index contributed by atoms with van der Waals surface area (Å²) in [5, 5.41) is 7.39. The zero-order valence-electron chi connectivity index (χ0n) is 10.1. The van der Waals surface area contributed by atoms with Gasteiger partial charge in [0.2, 0.25) is 0 Å². The number of nitrogen functional groups attached to an aromatic ring is 1. The first-order chi connectivity index (χ1) is 9.15. The number of nitrogens with zero attached hydrogens (tertiary/aromatic N) is 2. The molecule has 1 heterocycles. The van der Waals surface area contributed by atoms with Gasteiger partial charge in [-0.15, -0.1) is 0 Å². The summed E-state index contributed by atoms with van der Waals surface area (Å²) in [6.07, 6.45) is 0. The molecule has 0 saturated heterocycles. The van der Waals surface area contributed by atoms with Gasteiger partial charge in [-0.2, -0.15) is 0 Å². The molecule has 2 N–H and O–H groups in total. The molecule has 0 aliphatic rings. The van der Waals surface area contributed by atoms with Crippen molar-refractivity contribution < 1.29 is 13.8 Å². The normalized spacial score (nSPS) is 10.8. The number of aryl methyl sites for hydroxylation is 1. The Hall–Kier alpha value is -2.63. The van der Waals surface area contributed by atoms with Crippen molar-refractivity contribution in [3.63, 3.8) is 0 Å². The van der Waals surface area contributed by atoms with E-state index in [1.165, 1.54) is 6.07 Å². The van der Waals surface area contributed by atoms with Crippen LogP contribution in [-0.4, -0.2) is 10.3 Å². The maximum Gasteiger partial charge on any atom is 0.179 e. The number of anilines is 1. The van der Waals surface area contributed by atoms with Gasteiger partial charge in [-0.3, -0.25) is 0 Å². The maximum atomic E-state index is 13.7. The predicted octanol–water partition coefficient (Wildman–Crippen LogP) is 3.04. The average Bonchev–Trinajstić information content (AvgIpc) is 2.87. The van der Waals surface area contributed by atoms with Gasteiger partial charge in [-0.25, -0.2) is 9.02 Å². The van der Waals surface area contributed by atoms with Gasteiger partial charge < -0.3 is 10.5 Å². The van der Waals surface area contributed by atoms with Crippen molar-refractivity contribution >= 4 is 16.7 Å². The van der Waals surface area contributed by atoms with Gasteiger partial charge in [-0.1, -0.05) is 6.07 Å². The number of halogens is 1. The minimum Gasteiger partial charge on any atom is -0.452 e. The number of benzene rings is 2. The van der Waals surface area contributed by atoms with Crippen molar-refractivity contribution in [3.8, 4) is 11.5 Å². The molecule has 0 radical (unpaired) electrons. The molecule has 0 spiro atoms. The van der Waals surface area contributed by atoms with E-state index in [-0.39, 0.29) is 5.75 Å². The highest BCUT2D eigenvalue weighted by atomic mass is 19.1. The molecule has 2 aromatic carbocycles. The zero-order valence-corrected chi connectivity index (χ0v) is 10.1. The number of nitrogens with two attached hydrogens (primary N) is 1. The Morgan fingerprint density at radius 2 is 1.89 bits per heavy atom. The Labute approximate surface area is 107 Å². The first-order valence-electron chi connectivity index (χ1n) is 5.60. The molecule has 0 aliphatic heterocycles. The Morgan fingerprint density at radius 3 is 2.74 bits per heavy atom. The Kier molecular flexibility index (Phi) is 2.56. The monoisotopic (exact) mass is 259 g/mol. The molecule has 0 fully saturated rings. The van der Waals surface area contributed by atoms with Gasteiger partial charge in [0.1, 0.15) is 0 Å². The van der Waals surface area contributed by atoms with E-state index in [0.29, 0.717) is 22.5 Å². The third kappa shape index (κ3) is 1.97. The number of aromatic nitrogens is 2. The van der Waals surface area contributed by atoms with Crippen LogP contribution in [-0.2, 0) is 0 Å². The predicted molar refractivity (Wildman–Crippen MR) is 67.4 cm³/mol. The van der Waals surface area contributed by atoms with Crippen molar-refractivity contribution in [2.24, 2.45) is 0 Å². The minimum absolute atomic E-state index is 0.120. The van der Waals surface area contributed by atoms with E-state index in [1.807, 2.05) is 6.92 Å². The second-order valence-electron chi connectivity index (χ2n) is 4.15. The van der Waals surface area contributed by atoms with E-state index >= 15 is 0 Å². The molecule has 0 atom stereocenters. The summed E-state index contributed by atoms with van der Waals surface area (Å²) in [5.41, 5.74) is 7.80. The largest absolute Gasteiger partial charge is 0.452 e. The van der Waals surface area contributed by atoms with E-state index in [2.05, 4.69) is 14.9 Å². The number of hydrogen-bond donors (Lipinski definition) is 1. The second kappa shape index (κ2) is 4.24. The van der Waals surface area contributed by atoms with Crippen molar-refractivity contribution in [1.29, 1.82) is 0 Å². The summed E-state index contributed by atoms with van der Waals surface area (Å²) >= 11 is 0. The molecule has 3 rings (SSSR count). The van der Waals surface area contributed by atoms with Gasteiger partial charge in [0.05, 0.1) is 5.69 Å². The van der Waals surface area contributed by atoms with Crippen LogP contribution in [0.4, 0.5) is 10.1 Å². The summed E-state index contributed by atoms with van der Waals surface area (Å²) in [5.74, 6) is 0.0102. The summed E-state index contributed by atoms with van der Waals surface area (Å²) in [4.78, 5) is 0. The van der Waals surface area contributed by atoms with Crippen molar-refractivity contribution in [2.75, 3.05) is 5.73 Å². The van der Waals surface area contributed by atoms with Crippen molar-refractivity contribution in [1.82, 2.24) is 10.3 Å². The van der Waals surface area contributed by atoms with Gasteiger partial charge in [0, 0.05) is 0 Å². The molecular weight excluding hydrogens is 249 g/mol. The molecule has 3 aromatic rings. The summed E-state index contributed by atoms with van der Waals surface area (Å²) in [6.45, 7) is 1.85. The lowest BCUT2D eigenvalue weighted by atomic mass is 10.2. The lowest BCUT2D eigenvalue weighted by Crippen LogP contribution is -1.92. The SMILES string of the molecule is Cc1ccc(F)c(Oc2ccc(N)c3nonc23)c1. The fraction of sp³-hybridized carbons (Fsp3) is 0.0769. The van der Waals surface area contributed by atoms with Crippen LogP contribution >= 0.6 is 0 Å². The third-order valence-corrected chi connectivity index (χ3v) is 2.72. The highest BCUT2D eigenvalue weighted by molar-refractivity contribution is 5.90.